The van der Waals surface area contributed by atoms with E-state index < -0.39 is 0 Å². The summed E-state index contributed by atoms with van der Waals surface area (Å²) in [5, 5.41) is 21.2. The van der Waals surface area contributed by atoms with Crippen molar-refractivity contribution in [1.82, 2.24) is 15.4 Å². The van der Waals surface area contributed by atoms with Crippen LogP contribution in [0.25, 0.3) is 22.5 Å². The number of nitrogens with zero attached hydrogens (tertiary/aromatic N) is 2. The molecule has 0 unspecified atom stereocenters. The monoisotopic (exact) mass is 357 g/mol. The quantitative estimate of drug-likeness (QED) is 0.700. The lowest BCUT2D eigenvalue weighted by atomic mass is 10.0. The van der Waals surface area contributed by atoms with Gasteiger partial charge in [-0.05, 0) is 24.3 Å². The Kier molecular flexibility index (Phi) is 4.83. The first-order valence-electron chi connectivity index (χ1n) is 7.71. The van der Waals surface area contributed by atoms with E-state index in [-0.39, 0.29) is 5.75 Å². The molecule has 0 fully saturated rings. The zero-order valence-electron chi connectivity index (χ0n) is 14.9. The first kappa shape index (κ1) is 17.4. The lowest BCUT2D eigenvalue weighted by Gasteiger charge is -2.14. The van der Waals surface area contributed by atoms with Crippen LogP contribution in [0.1, 0.15) is 0 Å². The van der Waals surface area contributed by atoms with E-state index in [4.69, 9.17) is 18.9 Å². The van der Waals surface area contributed by atoms with Crippen LogP contribution >= 0.6 is 0 Å². The summed E-state index contributed by atoms with van der Waals surface area (Å²) in [5.74, 6) is 1.98. The van der Waals surface area contributed by atoms with Crippen LogP contribution in [-0.2, 0) is 0 Å². The van der Waals surface area contributed by atoms with Gasteiger partial charge in [-0.1, -0.05) is 0 Å². The maximum Gasteiger partial charge on any atom is 0.170 e. The van der Waals surface area contributed by atoms with Crippen molar-refractivity contribution in [1.29, 1.82) is 0 Å². The van der Waals surface area contributed by atoms with Crippen LogP contribution in [0.3, 0.4) is 0 Å². The van der Waals surface area contributed by atoms with Crippen LogP contribution in [-0.4, -0.2) is 49.0 Å². The molecule has 0 saturated carbocycles. The maximum absolute atomic E-state index is 10.1. The lowest BCUT2D eigenvalue weighted by molar-refractivity contribution is 0.350. The molecule has 0 saturated heterocycles. The van der Waals surface area contributed by atoms with Crippen molar-refractivity contribution in [3.8, 4) is 51.3 Å². The van der Waals surface area contributed by atoms with Gasteiger partial charge in [0.15, 0.2) is 23.0 Å². The molecule has 136 valence electrons. The third-order valence-corrected chi connectivity index (χ3v) is 3.94. The summed E-state index contributed by atoms with van der Waals surface area (Å²) < 4.78 is 21.3. The minimum atomic E-state index is 0.00846. The van der Waals surface area contributed by atoms with Gasteiger partial charge < -0.3 is 24.1 Å². The fourth-order valence-electron chi connectivity index (χ4n) is 2.69. The molecule has 0 aliphatic carbocycles. The molecule has 26 heavy (non-hydrogen) atoms. The largest absolute Gasteiger partial charge is 0.504 e. The highest BCUT2D eigenvalue weighted by Gasteiger charge is 2.21. The number of hydrogen-bond donors (Lipinski definition) is 2. The second-order valence-corrected chi connectivity index (χ2v) is 5.32. The molecule has 3 rings (SSSR count). The first-order chi connectivity index (χ1) is 12.6. The average molecular weight is 357 g/mol. The molecule has 0 radical (unpaired) electrons. The zero-order chi connectivity index (χ0) is 18.7. The highest BCUT2D eigenvalue weighted by Crippen LogP contribution is 2.43. The highest BCUT2D eigenvalue weighted by molar-refractivity contribution is 5.84. The number of benzene rings is 2. The summed E-state index contributed by atoms with van der Waals surface area (Å²) in [6, 6.07) is 8.51. The number of rotatable bonds is 6. The van der Waals surface area contributed by atoms with Crippen LogP contribution < -0.4 is 18.9 Å². The van der Waals surface area contributed by atoms with E-state index in [1.165, 1.54) is 7.11 Å². The number of phenolic OH excluding ortho intramolecular Hbond substituents is 1. The highest BCUT2D eigenvalue weighted by atomic mass is 16.5. The Bertz CT molecular complexity index is 923. The SMILES string of the molecule is COc1cc(OC)c(OC)c(-c2n[nH]nc2-c2ccc(OC)c(O)c2)c1. The fourth-order valence-corrected chi connectivity index (χ4v) is 2.69. The predicted octanol–water partition coefficient (Wildman–Crippen LogP) is 2.88. The third-order valence-electron chi connectivity index (χ3n) is 3.94. The second-order valence-electron chi connectivity index (χ2n) is 5.32. The van der Waals surface area contributed by atoms with Gasteiger partial charge in [-0.2, -0.15) is 15.4 Å². The summed E-state index contributed by atoms with van der Waals surface area (Å²) in [4.78, 5) is 0. The Hall–Kier alpha value is -3.42. The molecule has 1 heterocycles. The van der Waals surface area contributed by atoms with Crippen LogP contribution in [0.4, 0.5) is 0 Å². The van der Waals surface area contributed by atoms with E-state index in [1.807, 2.05) is 0 Å². The van der Waals surface area contributed by atoms with Crippen LogP contribution in [0, 0.1) is 0 Å². The van der Waals surface area contributed by atoms with Gasteiger partial charge in [-0.25, -0.2) is 0 Å². The molecule has 3 aromatic rings. The van der Waals surface area contributed by atoms with Crippen molar-refractivity contribution in [2.45, 2.75) is 0 Å². The smallest absolute Gasteiger partial charge is 0.170 e. The summed E-state index contributed by atoms with van der Waals surface area (Å²) in [7, 11) is 6.15. The van der Waals surface area contributed by atoms with Crippen LogP contribution in [0.5, 0.6) is 28.7 Å². The van der Waals surface area contributed by atoms with Gasteiger partial charge in [0, 0.05) is 11.6 Å². The Morgan fingerprint density at radius 3 is 2.15 bits per heavy atom. The number of H-pyrrole nitrogens is 1. The Labute approximate surface area is 150 Å². The van der Waals surface area contributed by atoms with Gasteiger partial charge in [0.1, 0.15) is 17.1 Å². The van der Waals surface area contributed by atoms with Crippen molar-refractivity contribution in [2.75, 3.05) is 28.4 Å². The molecule has 8 heteroatoms. The number of phenols is 1. The fraction of sp³-hybridized carbons (Fsp3) is 0.222. The van der Waals surface area contributed by atoms with Crippen LogP contribution in [0.2, 0.25) is 0 Å². The molecule has 2 aromatic carbocycles. The van der Waals surface area contributed by atoms with Gasteiger partial charge in [-0.15, -0.1) is 0 Å². The Balaban J connectivity index is 2.19. The predicted molar refractivity (Wildman–Crippen MR) is 95.1 cm³/mol. The normalized spacial score (nSPS) is 10.5. The molecule has 0 atom stereocenters. The molecule has 8 nitrogen and oxygen atoms in total. The van der Waals surface area contributed by atoms with E-state index in [9.17, 15) is 5.11 Å². The number of methoxy groups -OCH3 is 4. The van der Waals surface area contributed by atoms with Crippen molar-refractivity contribution in [2.24, 2.45) is 0 Å². The van der Waals surface area contributed by atoms with Crippen molar-refractivity contribution in [3.05, 3.63) is 30.3 Å². The molecule has 0 spiro atoms. The zero-order valence-corrected chi connectivity index (χ0v) is 14.9. The summed E-state index contributed by atoms with van der Waals surface area (Å²) >= 11 is 0. The molecule has 1 aromatic heterocycles. The van der Waals surface area contributed by atoms with Crippen molar-refractivity contribution in [3.63, 3.8) is 0 Å². The molecule has 0 aliphatic rings. The number of aromatic nitrogens is 3. The summed E-state index contributed by atoms with van der Waals surface area (Å²) in [5.41, 5.74) is 2.37. The summed E-state index contributed by atoms with van der Waals surface area (Å²) in [6.45, 7) is 0. The second kappa shape index (κ2) is 7.22. The van der Waals surface area contributed by atoms with E-state index in [0.29, 0.717) is 45.5 Å². The molecule has 0 bridgehead atoms. The average Bonchev–Trinajstić information content (AvgIpc) is 3.16. The molecule has 0 aliphatic heterocycles. The van der Waals surface area contributed by atoms with E-state index in [2.05, 4.69) is 15.4 Å². The van der Waals surface area contributed by atoms with E-state index >= 15 is 0 Å². The van der Waals surface area contributed by atoms with Gasteiger partial charge in [0.05, 0.1) is 34.0 Å². The van der Waals surface area contributed by atoms with Crippen LogP contribution in [0.15, 0.2) is 30.3 Å². The van der Waals surface area contributed by atoms with Gasteiger partial charge in [0.2, 0.25) is 0 Å². The van der Waals surface area contributed by atoms with Crippen molar-refractivity contribution >= 4 is 0 Å². The molecular weight excluding hydrogens is 338 g/mol. The van der Waals surface area contributed by atoms with E-state index in [0.717, 1.165) is 0 Å². The Morgan fingerprint density at radius 2 is 1.54 bits per heavy atom. The Morgan fingerprint density at radius 1 is 0.808 bits per heavy atom. The number of nitrogens with one attached hydrogen (secondary N) is 1. The maximum atomic E-state index is 10.1. The number of ether oxygens (including phenoxy) is 4. The number of aromatic amines is 1. The number of aromatic hydroxyl groups is 1. The van der Waals surface area contributed by atoms with Gasteiger partial charge in [-0.3, -0.25) is 0 Å². The molecular formula is C18H19N3O5. The topological polar surface area (TPSA) is 98.7 Å². The van der Waals surface area contributed by atoms with E-state index in [1.54, 1.807) is 51.7 Å². The van der Waals surface area contributed by atoms with Gasteiger partial charge in [0.25, 0.3) is 0 Å². The first-order valence-corrected chi connectivity index (χ1v) is 7.71. The summed E-state index contributed by atoms with van der Waals surface area (Å²) in [6.07, 6.45) is 0. The third kappa shape index (κ3) is 2.97. The van der Waals surface area contributed by atoms with Gasteiger partial charge >= 0.3 is 0 Å². The molecule has 2 N–H and O–H groups in total. The minimum absolute atomic E-state index is 0.00846. The lowest BCUT2D eigenvalue weighted by Crippen LogP contribution is -1.96. The standard InChI is InChI=1S/C18H19N3O5/c1-23-11-8-12(18(26-4)15(9-11)25-3)17-16(19-21-20-17)10-5-6-14(24-2)13(22)7-10/h5-9,22H,1-4H3,(H,19,20,21). The molecule has 0 amide bonds. The minimum Gasteiger partial charge on any atom is -0.504 e. The number of hydrogen-bond acceptors (Lipinski definition) is 7. The van der Waals surface area contributed by atoms with Crippen molar-refractivity contribution < 1.29 is 24.1 Å².